The summed E-state index contributed by atoms with van der Waals surface area (Å²) in [5.74, 6) is 1.86. The SMILES string of the molecule is CCOc1cc(/C=C(/C#N)C(=O)NCc2ccc3c(c2)OCO3)ccc1OCc1ccccc1Cl. The number of fused-ring (bicyclic) bond motifs is 1. The molecule has 0 fully saturated rings. The molecule has 0 bridgehead atoms. The van der Waals surface area contributed by atoms with Crippen molar-refractivity contribution in [3.8, 4) is 29.1 Å². The molecule has 8 heteroatoms. The van der Waals surface area contributed by atoms with Gasteiger partial charge in [0.25, 0.3) is 5.91 Å². The van der Waals surface area contributed by atoms with E-state index in [1.54, 1.807) is 36.4 Å². The van der Waals surface area contributed by atoms with Crippen molar-refractivity contribution in [3.05, 3.63) is 87.9 Å². The van der Waals surface area contributed by atoms with Crippen LogP contribution in [0.1, 0.15) is 23.6 Å². The van der Waals surface area contributed by atoms with E-state index < -0.39 is 5.91 Å². The normalized spacial score (nSPS) is 12.1. The number of benzene rings is 3. The van der Waals surface area contributed by atoms with Crippen molar-refractivity contribution in [2.45, 2.75) is 20.1 Å². The van der Waals surface area contributed by atoms with E-state index in [4.69, 9.17) is 30.5 Å². The highest BCUT2D eigenvalue weighted by atomic mass is 35.5. The first kappa shape index (κ1) is 24.0. The zero-order valence-electron chi connectivity index (χ0n) is 19.0. The van der Waals surface area contributed by atoms with Gasteiger partial charge in [-0.2, -0.15) is 5.26 Å². The van der Waals surface area contributed by atoms with Crippen molar-refractivity contribution in [3.63, 3.8) is 0 Å². The van der Waals surface area contributed by atoms with Gasteiger partial charge >= 0.3 is 0 Å². The molecule has 4 rings (SSSR count). The summed E-state index contributed by atoms with van der Waals surface area (Å²) in [4.78, 5) is 12.6. The largest absolute Gasteiger partial charge is 0.490 e. The van der Waals surface area contributed by atoms with Crippen LogP contribution in [0, 0.1) is 11.3 Å². The van der Waals surface area contributed by atoms with Crippen LogP contribution in [0.3, 0.4) is 0 Å². The quantitative estimate of drug-likeness (QED) is 0.324. The van der Waals surface area contributed by atoms with Gasteiger partial charge in [-0.05, 0) is 54.5 Å². The fraction of sp³-hybridized carbons (Fsp3) is 0.185. The molecule has 0 aliphatic carbocycles. The molecule has 3 aromatic rings. The van der Waals surface area contributed by atoms with Crippen LogP contribution in [-0.4, -0.2) is 19.3 Å². The summed E-state index contributed by atoms with van der Waals surface area (Å²) in [6, 6.07) is 20.1. The first-order chi connectivity index (χ1) is 17.1. The second kappa shape index (κ2) is 11.3. The Morgan fingerprint density at radius 3 is 2.71 bits per heavy atom. The molecule has 0 spiro atoms. The molecule has 0 unspecified atom stereocenters. The van der Waals surface area contributed by atoms with Crippen molar-refractivity contribution in [1.82, 2.24) is 5.32 Å². The lowest BCUT2D eigenvalue weighted by atomic mass is 10.1. The molecule has 35 heavy (non-hydrogen) atoms. The summed E-state index contributed by atoms with van der Waals surface area (Å²) in [5, 5.41) is 12.9. The van der Waals surface area contributed by atoms with Crippen LogP contribution in [0.4, 0.5) is 0 Å². The minimum absolute atomic E-state index is 0.0297. The lowest BCUT2D eigenvalue weighted by Gasteiger charge is -2.13. The highest BCUT2D eigenvalue weighted by molar-refractivity contribution is 6.31. The van der Waals surface area contributed by atoms with Gasteiger partial charge in [-0.1, -0.05) is 41.9 Å². The maximum Gasteiger partial charge on any atom is 0.262 e. The predicted molar refractivity (Wildman–Crippen MR) is 131 cm³/mol. The van der Waals surface area contributed by atoms with E-state index in [0.717, 1.165) is 11.1 Å². The number of amides is 1. The van der Waals surface area contributed by atoms with Gasteiger partial charge in [0.2, 0.25) is 6.79 Å². The fourth-order valence-electron chi connectivity index (χ4n) is 3.42. The summed E-state index contributed by atoms with van der Waals surface area (Å²) in [7, 11) is 0. The minimum Gasteiger partial charge on any atom is -0.490 e. The Hall–Kier alpha value is -4.15. The molecule has 1 heterocycles. The Balaban J connectivity index is 1.45. The van der Waals surface area contributed by atoms with Gasteiger partial charge in [-0.15, -0.1) is 0 Å². The van der Waals surface area contributed by atoms with E-state index in [1.165, 1.54) is 6.08 Å². The van der Waals surface area contributed by atoms with Gasteiger partial charge in [0, 0.05) is 17.1 Å². The second-order valence-corrected chi connectivity index (χ2v) is 7.97. The molecule has 1 N–H and O–H groups in total. The Kier molecular flexibility index (Phi) is 7.76. The van der Waals surface area contributed by atoms with Crippen molar-refractivity contribution >= 4 is 23.6 Å². The zero-order chi connectivity index (χ0) is 24.6. The van der Waals surface area contributed by atoms with Crippen LogP contribution >= 0.6 is 11.6 Å². The first-order valence-electron chi connectivity index (χ1n) is 11.0. The standard InChI is InChI=1S/C27H23ClN2O5/c1-2-32-25-12-18(7-9-23(25)33-16-20-5-3-4-6-22(20)28)11-21(14-29)27(31)30-15-19-8-10-24-26(13-19)35-17-34-24/h3-13H,2,15-17H2,1H3,(H,30,31)/b21-11-. The molecule has 0 aromatic heterocycles. The number of nitrogens with zero attached hydrogens (tertiary/aromatic N) is 1. The number of halogens is 1. The monoisotopic (exact) mass is 490 g/mol. The van der Waals surface area contributed by atoms with Gasteiger partial charge in [-0.3, -0.25) is 4.79 Å². The molecule has 0 saturated carbocycles. The van der Waals surface area contributed by atoms with Gasteiger partial charge < -0.3 is 24.3 Å². The Morgan fingerprint density at radius 2 is 1.91 bits per heavy atom. The van der Waals surface area contributed by atoms with Crippen LogP contribution in [0.5, 0.6) is 23.0 Å². The number of rotatable bonds is 9. The number of nitrogens with one attached hydrogen (secondary N) is 1. The number of hydrogen-bond acceptors (Lipinski definition) is 6. The molecule has 0 radical (unpaired) electrons. The molecular formula is C27H23ClN2O5. The molecule has 7 nitrogen and oxygen atoms in total. The maximum atomic E-state index is 12.6. The lowest BCUT2D eigenvalue weighted by Crippen LogP contribution is -2.23. The smallest absolute Gasteiger partial charge is 0.262 e. The van der Waals surface area contributed by atoms with E-state index in [2.05, 4.69) is 5.32 Å². The second-order valence-electron chi connectivity index (χ2n) is 7.56. The van der Waals surface area contributed by atoms with Crippen molar-refractivity contribution in [2.24, 2.45) is 0 Å². The number of nitriles is 1. The highest BCUT2D eigenvalue weighted by Crippen LogP contribution is 2.33. The highest BCUT2D eigenvalue weighted by Gasteiger charge is 2.15. The predicted octanol–water partition coefficient (Wildman–Crippen LogP) is 5.27. The van der Waals surface area contributed by atoms with Crippen LogP contribution in [-0.2, 0) is 17.9 Å². The average molecular weight is 491 g/mol. The number of hydrogen-bond donors (Lipinski definition) is 1. The van der Waals surface area contributed by atoms with E-state index in [1.807, 2.05) is 37.3 Å². The first-order valence-corrected chi connectivity index (χ1v) is 11.4. The van der Waals surface area contributed by atoms with E-state index in [9.17, 15) is 10.1 Å². The lowest BCUT2D eigenvalue weighted by molar-refractivity contribution is -0.117. The molecular weight excluding hydrogens is 468 g/mol. The summed E-state index contributed by atoms with van der Waals surface area (Å²) < 4.78 is 22.3. The van der Waals surface area contributed by atoms with Gasteiger partial charge in [-0.25, -0.2) is 0 Å². The Labute approximate surface area is 208 Å². The van der Waals surface area contributed by atoms with E-state index >= 15 is 0 Å². The average Bonchev–Trinajstić information content (AvgIpc) is 3.34. The number of carbonyl (C=O) groups excluding carboxylic acids is 1. The van der Waals surface area contributed by atoms with Crippen molar-refractivity contribution in [1.29, 1.82) is 5.26 Å². The number of carbonyl (C=O) groups is 1. The Bertz CT molecular complexity index is 1300. The third-order valence-corrected chi connectivity index (χ3v) is 5.54. The third-order valence-electron chi connectivity index (χ3n) is 5.17. The zero-order valence-corrected chi connectivity index (χ0v) is 19.8. The van der Waals surface area contributed by atoms with E-state index in [0.29, 0.717) is 40.2 Å². The molecule has 1 amide bonds. The molecule has 1 aliphatic rings. The molecule has 0 atom stereocenters. The van der Waals surface area contributed by atoms with Crippen molar-refractivity contribution < 1.29 is 23.7 Å². The molecule has 178 valence electrons. The fourth-order valence-corrected chi connectivity index (χ4v) is 3.61. The van der Waals surface area contributed by atoms with Gasteiger partial charge in [0.1, 0.15) is 18.2 Å². The van der Waals surface area contributed by atoms with Crippen LogP contribution in [0.25, 0.3) is 6.08 Å². The van der Waals surface area contributed by atoms with Gasteiger partial charge in [0.15, 0.2) is 23.0 Å². The minimum atomic E-state index is -0.484. The summed E-state index contributed by atoms with van der Waals surface area (Å²) >= 11 is 6.21. The third kappa shape index (κ3) is 6.05. The maximum absolute atomic E-state index is 12.6. The molecule has 0 saturated heterocycles. The van der Waals surface area contributed by atoms with Crippen molar-refractivity contribution in [2.75, 3.05) is 13.4 Å². The molecule has 3 aromatic carbocycles. The summed E-state index contributed by atoms with van der Waals surface area (Å²) in [5.41, 5.74) is 2.29. The van der Waals surface area contributed by atoms with Crippen LogP contribution < -0.4 is 24.3 Å². The van der Waals surface area contributed by atoms with Gasteiger partial charge in [0.05, 0.1) is 6.61 Å². The van der Waals surface area contributed by atoms with Crippen LogP contribution in [0.2, 0.25) is 5.02 Å². The summed E-state index contributed by atoms with van der Waals surface area (Å²) in [6.45, 7) is 3.00. The van der Waals surface area contributed by atoms with Crippen LogP contribution in [0.15, 0.2) is 66.2 Å². The van der Waals surface area contributed by atoms with E-state index in [-0.39, 0.29) is 25.5 Å². The number of ether oxygens (including phenoxy) is 4. The molecule has 1 aliphatic heterocycles. The summed E-state index contributed by atoms with van der Waals surface area (Å²) in [6.07, 6.45) is 1.51. The Morgan fingerprint density at radius 1 is 1.09 bits per heavy atom. The topological polar surface area (TPSA) is 89.8 Å².